The van der Waals surface area contributed by atoms with E-state index >= 15 is 0 Å². The first-order valence-electron chi connectivity index (χ1n) is 13.1. The molecule has 0 bridgehead atoms. The molecule has 6 rings (SSSR count). The molecule has 186 valence electrons. The van der Waals surface area contributed by atoms with Crippen molar-refractivity contribution in [1.82, 2.24) is 44.3 Å². The summed E-state index contributed by atoms with van der Waals surface area (Å²) < 4.78 is 6.54. The quantitative estimate of drug-likeness (QED) is 0.470. The third-order valence-electron chi connectivity index (χ3n) is 7.35. The minimum absolute atomic E-state index is 0.591. The topological polar surface area (TPSA) is 92.1 Å². The average molecular weight is 468 g/mol. The second-order valence-corrected chi connectivity index (χ2v) is 10.2. The number of fused-ring (bicyclic) bond motifs is 3. The van der Waals surface area contributed by atoms with Crippen LogP contribution in [0.5, 0.6) is 0 Å². The molecule has 3 aliphatic heterocycles. The van der Waals surface area contributed by atoms with Crippen molar-refractivity contribution in [2.75, 3.05) is 0 Å². The molecule has 0 aromatic carbocycles. The summed E-state index contributed by atoms with van der Waals surface area (Å²) in [5.74, 6) is 8.37. The Kier molecular flexibility index (Phi) is 7.78. The van der Waals surface area contributed by atoms with E-state index in [0.29, 0.717) is 17.8 Å². The molecule has 3 unspecified atom stereocenters. The third kappa shape index (κ3) is 5.39. The predicted molar refractivity (Wildman–Crippen MR) is 132 cm³/mol. The van der Waals surface area contributed by atoms with E-state index in [1.807, 2.05) is 25.5 Å². The van der Waals surface area contributed by atoms with E-state index in [9.17, 15) is 0 Å². The molecule has 0 radical (unpaired) electrons. The Morgan fingerprint density at radius 1 is 0.588 bits per heavy atom. The molecular formula is C25H41N9. The molecule has 0 N–H and O–H groups in total. The second-order valence-electron chi connectivity index (χ2n) is 10.2. The van der Waals surface area contributed by atoms with Gasteiger partial charge in [-0.05, 0) is 59.3 Å². The second kappa shape index (κ2) is 10.8. The Hall–Kier alpha value is -2.58. The monoisotopic (exact) mass is 467 g/mol. The molecule has 3 aliphatic rings. The Morgan fingerprint density at radius 3 is 1.68 bits per heavy atom. The van der Waals surface area contributed by atoms with E-state index in [-0.39, 0.29) is 0 Å². The van der Waals surface area contributed by atoms with Crippen molar-refractivity contribution in [3.63, 3.8) is 0 Å². The Balaban J connectivity index is 0.000000121. The van der Waals surface area contributed by atoms with Gasteiger partial charge in [0, 0.05) is 37.4 Å². The van der Waals surface area contributed by atoms with Crippen LogP contribution in [0.15, 0.2) is 0 Å². The highest BCUT2D eigenvalue weighted by Gasteiger charge is 2.20. The summed E-state index contributed by atoms with van der Waals surface area (Å²) >= 11 is 0. The first-order chi connectivity index (χ1) is 16.3. The lowest BCUT2D eigenvalue weighted by atomic mass is 10.0. The summed E-state index contributed by atoms with van der Waals surface area (Å²) in [6, 6.07) is 0. The van der Waals surface area contributed by atoms with Crippen LogP contribution < -0.4 is 0 Å². The van der Waals surface area contributed by atoms with Crippen LogP contribution in [0, 0.1) is 20.8 Å². The van der Waals surface area contributed by atoms with Crippen molar-refractivity contribution in [3.05, 3.63) is 34.9 Å². The third-order valence-corrected chi connectivity index (χ3v) is 7.35. The molecule has 9 heteroatoms. The van der Waals surface area contributed by atoms with Crippen molar-refractivity contribution in [3.8, 4) is 0 Å². The predicted octanol–water partition coefficient (Wildman–Crippen LogP) is 4.84. The fourth-order valence-corrected chi connectivity index (χ4v) is 5.29. The summed E-state index contributed by atoms with van der Waals surface area (Å²) in [6.45, 7) is 16.0. The zero-order valence-electron chi connectivity index (χ0n) is 21.8. The number of rotatable bonds is 0. The van der Waals surface area contributed by atoms with Gasteiger partial charge in [0.1, 0.15) is 34.9 Å². The fraction of sp³-hybridized carbons (Fsp3) is 0.760. The van der Waals surface area contributed by atoms with E-state index in [2.05, 4.69) is 60.4 Å². The van der Waals surface area contributed by atoms with Gasteiger partial charge in [-0.15, -0.1) is 20.4 Å². The largest absolute Gasteiger partial charge is 0.315 e. The van der Waals surface area contributed by atoms with E-state index in [4.69, 9.17) is 0 Å². The highest BCUT2D eigenvalue weighted by molar-refractivity contribution is 5.03. The molecule has 0 spiro atoms. The van der Waals surface area contributed by atoms with Crippen LogP contribution in [0.2, 0.25) is 0 Å². The maximum Gasteiger partial charge on any atom is 0.147 e. The molecule has 3 aromatic heterocycles. The van der Waals surface area contributed by atoms with Crippen LogP contribution in [0.25, 0.3) is 0 Å². The van der Waals surface area contributed by atoms with Crippen molar-refractivity contribution in [2.45, 2.75) is 124 Å². The smallest absolute Gasteiger partial charge is 0.147 e. The van der Waals surface area contributed by atoms with E-state index in [1.54, 1.807) is 0 Å². The minimum Gasteiger partial charge on any atom is -0.315 e. The fourth-order valence-electron chi connectivity index (χ4n) is 5.29. The minimum atomic E-state index is 0.591. The lowest BCUT2D eigenvalue weighted by Crippen LogP contribution is -2.14. The molecule has 0 amide bonds. The lowest BCUT2D eigenvalue weighted by Gasteiger charge is -2.19. The van der Waals surface area contributed by atoms with Gasteiger partial charge < -0.3 is 9.13 Å². The zero-order chi connectivity index (χ0) is 24.2. The normalized spacial score (nSPS) is 23.3. The van der Waals surface area contributed by atoms with Gasteiger partial charge in [0.15, 0.2) is 0 Å². The molecule has 9 nitrogen and oxygen atoms in total. The Morgan fingerprint density at radius 2 is 1.09 bits per heavy atom. The maximum atomic E-state index is 4.38. The Labute approximate surface area is 203 Å². The number of aryl methyl sites for hydroxylation is 4. The highest BCUT2D eigenvalue weighted by Crippen LogP contribution is 2.26. The molecule has 6 heterocycles. The average Bonchev–Trinajstić information content (AvgIpc) is 3.46. The number of hydrogen-bond donors (Lipinski definition) is 0. The van der Waals surface area contributed by atoms with Crippen LogP contribution in [0.1, 0.15) is 118 Å². The molecule has 0 saturated heterocycles. The van der Waals surface area contributed by atoms with Gasteiger partial charge in [-0.1, -0.05) is 27.2 Å². The van der Waals surface area contributed by atoms with Crippen LogP contribution in [0.3, 0.4) is 0 Å². The first kappa shape index (κ1) is 24.5. The summed E-state index contributed by atoms with van der Waals surface area (Å²) in [4.78, 5) is 4.38. The van der Waals surface area contributed by atoms with Gasteiger partial charge in [0.05, 0.1) is 0 Å². The SMILES string of the molecule is Cc1nc2n(n1)CCCC2C.Cc1nnc2n1CCCC2C.Cc1nnc2n1CCCCC2C. The zero-order valence-corrected chi connectivity index (χ0v) is 21.8. The summed E-state index contributed by atoms with van der Waals surface area (Å²) in [5.41, 5.74) is 0. The van der Waals surface area contributed by atoms with Crippen molar-refractivity contribution >= 4 is 0 Å². The molecule has 0 saturated carbocycles. The van der Waals surface area contributed by atoms with E-state index < -0.39 is 0 Å². The van der Waals surface area contributed by atoms with Gasteiger partial charge in [-0.2, -0.15) is 5.10 Å². The van der Waals surface area contributed by atoms with Crippen LogP contribution in [-0.2, 0) is 19.6 Å². The van der Waals surface area contributed by atoms with Crippen molar-refractivity contribution in [2.24, 2.45) is 0 Å². The number of nitrogens with zero attached hydrogens (tertiary/aromatic N) is 9. The first-order valence-corrected chi connectivity index (χ1v) is 13.1. The summed E-state index contributed by atoms with van der Waals surface area (Å²) in [5, 5.41) is 20.8. The number of hydrogen-bond acceptors (Lipinski definition) is 6. The summed E-state index contributed by atoms with van der Waals surface area (Å²) in [6.07, 6.45) is 8.90. The molecular weight excluding hydrogens is 426 g/mol. The van der Waals surface area contributed by atoms with Crippen LogP contribution in [-0.4, -0.2) is 44.3 Å². The highest BCUT2D eigenvalue weighted by atomic mass is 15.4. The molecule has 3 atom stereocenters. The van der Waals surface area contributed by atoms with E-state index in [0.717, 1.165) is 37.1 Å². The number of aromatic nitrogens is 9. The van der Waals surface area contributed by atoms with Gasteiger partial charge in [0.2, 0.25) is 0 Å². The van der Waals surface area contributed by atoms with Crippen molar-refractivity contribution < 1.29 is 0 Å². The molecule has 34 heavy (non-hydrogen) atoms. The molecule has 0 fully saturated rings. The van der Waals surface area contributed by atoms with Gasteiger partial charge in [0.25, 0.3) is 0 Å². The van der Waals surface area contributed by atoms with Crippen molar-refractivity contribution in [1.29, 1.82) is 0 Å². The Bertz CT molecular complexity index is 1070. The molecule has 0 aliphatic carbocycles. The van der Waals surface area contributed by atoms with E-state index in [1.165, 1.54) is 62.4 Å². The van der Waals surface area contributed by atoms with Crippen LogP contribution in [0.4, 0.5) is 0 Å². The van der Waals surface area contributed by atoms with Gasteiger partial charge in [-0.25, -0.2) is 9.67 Å². The summed E-state index contributed by atoms with van der Waals surface area (Å²) in [7, 11) is 0. The van der Waals surface area contributed by atoms with Gasteiger partial charge >= 0.3 is 0 Å². The van der Waals surface area contributed by atoms with Crippen LogP contribution >= 0.6 is 0 Å². The maximum absolute atomic E-state index is 4.38. The van der Waals surface area contributed by atoms with Gasteiger partial charge in [-0.3, -0.25) is 0 Å². The standard InChI is InChI=1S/C9H15N3.2C8H13N3/c1-7-5-3-4-6-12-8(2)10-11-9(7)12;1-6-4-3-5-11-7(2)9-10-8(6)11;1-6-4-3-5-11-8(6)9-7(2)10-11/h7H,3-6H2,1-2H3;2*6H,3-5H2,1-2H3. The molecule has 3 aromatic rings. The lowest BCUT2D eigenvalue weighted by molar-refractivity contribution is 0.432.